The molecule has 2 aromatic carbocycles. The van der Waals surface area contributed by atoms with Crippen LogP contribution in [0.5, 0.6) is 11.5 Å². The normalized spacial score (nSPS) is 16.9. The number of nitrogens with zero attached hydrogens (tertiary/aromatic N) is 1. The lowest BCUT2D eigenvalue weighted by atomic mass is 9.86. The fourth-order valence-corrected chi connectivity index (χ4v) is 3.51. The molecule has 2 aliphatic rings. The second-order valence-corrected chi connectivity index (χ2v) is 8.06. The predicted molar refractivity (Wildman–Crippen MR) is 108 cm³/mol. The molecule has 4 heteroatoms. The van der Waals surface area contributed by atoms with Crippen LogP contribution >= 0.6 is 0 Å². The fraction of sp³-hybridized carbons (Fsp3) is 0.348. The van der Waals surface area contributed by atoms with Gasteiger partial charge in [-0.25, -0.2) is 0 Å². The van der Waals surface area contributed by atoms with Gasteiger partial charge < -0.3 is 14.4 Å². The molecule has 1 amide bonds. The molecule has 27 heavy (non-hydrogen) atoms. The molecule has 0 aromatic heterocycles. The van der Waals surface area contributed by atoms with Gasteiger partial charge in [-0.05, 0) is 40.7 Å². The SMILES string of the molecule is CC(C)(C)c1ccc(C2=CC(=O)N(c3ccc4c(c3)OCCO4)CC2)cc1. The summed E-state index contributed by atoms with van der Waals surface area (Å²) < 4.78 is 11.2. The van der Waals surface area contributed by atoms with Crippen LogP contribution in [0.2, 0.25) is 0 Å². The molecule has 0 atom stereocenters. The zero-order valence-corrected chi connectivity index (χ0v) is 16.1. The number of fused-ring (bicyclic) bond motifs is 1. The van der Waals surface area contributed by atoms with Crippen LogP contribution in [0.3, 0.4) is 0 Å². The number of carbonyl (C=O) groups excluding carboxylic acids is 1. The standard InChI is InChI=1S/C23H25NO3/c1-23(2,3)18-6-4-16(5-7-18)17-10-11-24(22(25)14-17)19-8-9-20-21(15-19)27-13-12-26-20/h4-9,14-15H,10-13H2,1-3H3. The topological polar surface area (TPSA) is 38.8 Å². The smallest absolute Gasteiger partial charge is 0.251 e. The first-order chi connectivity index (χ1) is 12.9. The van der Waals surface area contributed by atoms with E-state index in [1.807, 2.05) is 18.2 Å². The van der Waals surface area contributed by atoms with Crippen molar-refractivity contribution in [1.29, 1.82) is 0 Å². The molecule has 0 saturated carbocycles. The lowest BCUT2D eigenvalue weighted by molar-refractivity contribution is -0.114. The zero-order valence-electron chi connectivity index (χ0n) is 16.1. The van der Waals surface area contributed by atoms with Crippen molar-refractivity contribution in [3.8, 4) is 11.5 Å². The summed E-state index contributed by atoms with van der Waals surface area (Å²) in [5, 5.41) is 0. The van der Waals surface area contributed by atoms with E-state index in [0.717, 1.165) is 29.0 Å². The van der Waals surface area contributed by atoms with Gasteiger partial charge in [-0.1, -0.05) is 45.0 Å². The molecular weight excluding hydrogens is 338 g/mol. The number of amides is 1. The largest absolute Gasteiger partial charge is 0.486 e. The van der Waals surface area contributed by atoms with Gasteiger partial charge in [0.2, 0.25) is 0 Å². The van der Waals surface area contributed by atoms with E-state index < -0.39 is 0 Å². The Morgan fingerprint density at radius 2 is 1.63 bits per heavy atom. The number of benzene rings is 2. The fourth-order valence-electron chi connectivity index (χ4n) is 3.51. The molecular formula is C23H25NO3. The third kappa shape index (κ3) is 3.57. The molecule has 4 nitrogen and oxygen atoms in total. The van der Waals surface area contributed by atoms with Crippen LogP contribution in [0.1, 0.15) is 38.3 Å². The number of anilines is 1. The third-order valence-corrected chi connectivity index (χ3v) is 5.13. The van der Waals surface area contributed by atoms with Crippen molar-refractivity contribution >= 4 is 17.2 Å². The first-order valence-corrected chi connectivity index (χ1v) is 9.44. The molecule has 0 aliphatic carbocycles. The Morgan fingerprint density at radius 1 is 0.926 bits per heavy atom. The van der Waals surface area contributed by atoms with Crippen LogP contribution in [0, 0.1) is 0 Å². The Kier molecular flexibility index (Phi) is 4.42. The summed E-state index contributed by atoms with van der Waals surface area (Å²) in [6.45, 7) is 8.38. The van der Waals surface area contributed by atoms with Crippen molar-refractivity contribution in [1.82, 2.24) is 0 Å². The first kappa shape index (κ1) is 17.7. The Balaban J connectivity index is 1.55. The maximum atomic E-state index is 12.8. The highest BCUT2D eigenvalue weighted by molar-refractivity contribution is 6.07. The molecule has 0 saturated heterocycles. The van der Waals surface area contributed by atoms with E-state index in [1.165, 1.54) is 5.56 Å². The number of ether oxygens (including phenoxy) is 2. The molecule has 0 N–H and O–H groups in total. The average Bonchev–Trinajstić information content (AvgIpc) is 2.67. The Bertz CT molecular complexity index is 891. The summed E-state index contributed by atoms with van der Waals surface area (Å²) in [4.78, 5) is 14.5. The molecule has 2 aliphatic heterocycles. The van der Waals surface area contributed by atoms with Gasteiger partial charge >= 0.3 is 0 Å². The van der Waals surface area contributed by atoms with Crippen LogP contribution in [-0.2, 0) is 10.2 Å². The molecule has 0 radical (unpaired) electrons. The van der Waals surface area contributed by atoms with Gasteiger partial charge in [0.1, 0.15) is 13.2 Å². The van der Waals surface area contributed by atoms with E-state index in [0.29, 0.717) is 25.5 Å². The van der Waals surface area contributed by atoms with E-state index in [-0.39, 0.29) is 11.3 Å². The Hall–Kier alpha value is -2.75. The van der Waals surface area contributed by atoms with Gasteiger partial charge in [-0.15, -0.1) is 0 Å². The summed E-state index contributed by atoms with van der Waals surface area (Å²) in [6.07, 6.45) is 2.58. The molecule has 0 unspecified atom stereocenters. The molecule has 0 spiro atoms. The van der Waals surface area contributed by atoms with Gasteiger partial charge in [0.15, 0.2) is 11.5 Å². The van der Waals surface area contributed by atoms with Crippen LogP contribution in [0.25, 0.3) is 5.57 Å². The molecule has 2 heterocycles. The van der Waals surface area contributed by atoms with Gasteiger partial charge in [0.25, 0.3) is 5.91 Å². The highest BCUT2D eigenvalue weighted by atomic mass is 16.6. The number of carbonyl (C=O) groups is 1. The van der Waals surface area contributed by atoms with Crippen LogP contribution in [-0.4, -0.2) is 25.7 Å². The summed E-state index contributed by atoms with van der Waals surface area (Å²) in [6, 6.07) is 14.3. The van der Waals surface area contributed by atoms with Crippen molar-refractivity contribution in [2.24, 2.45) is 0 Å². The summed E-state index contributed by atoms with van der Waals surface area (Å²) in [7, 11) is 0. The summed E-state index contributed by atoms with van der Waals surface area (Å²) in [5.74, 6) is 1.46. The first-order valence-electron chi connectivity index (χ1n) is 9.44. The average molecular weight is 363 g/mol. The molecule has 2 aromatic rings. The van der Waals surface area contributed by atoms with Gasteiger partial charge in [-0.2, -0.15) is 0 Å². The second kappa shape index (κ2) is 6.76. The monoisotopic (exact) mass is 363 g/mol. The predicted octanol–water partition coefficient (Wildman–Crippen LogP) is 4.58. The lowest BCUT2D eigenvalue weighted by Crippen LogP contribution is -2.33. The minimum Gasteiger partial charge on any atom is -0.486 e. The van der Waals surface area contributed by atoms with Crippen molar-refractivity contribution < 1.29 is 14.3 Å². The minimum atomic E-state index is 0.00725. The molecule has 4 rings (SSSR count). The van der Waals surface area contributed by atoms with Crippen LogP contribution in [0.15, 0.2) is 48.5 Å². The van der Waals surface area contributed by atoms with Crippen molar-refractivity contribution in [3.63, 3.8) is 0 Å². The van der Waals surface area contributed by atoms with E-state index in [2.05, 4.69) is 45.0 Å². The van der Waals surface area contributed by atoms with Crippen molar-refractivity contribution in [2.45, 2.75) is 32.6 Å². The van der Waals surface area contributed by atoms with E-state index in [1.54, 1.807) is 11.0 Å². The number of rotatable bonds is 2. The Labute approximate surface area is 160 Å². The zero-order chi connectivity index (χ0) is 19.0. The minimum absolute atomic E-state index is 0.00725. The van der Waals surface area contributed by atoms with Gasteiger partial charge in [0.05, 0.1) is 0 Å². The summed E-state index contributed by atoms with van der Waals surface area (Å²) in [5.41, 5.74) is 4.49. The van der Waals surface area contributed by atoms with Gasteiger partial charge in [-0.3, -0.25) is 4.79 Å². The maximum absolute atomic E-state index is 12.8. The molecule has 140 valence electrons. The lowest BCUT2D eigenvalue weighted by Gasteiger charge is -2.28. The number of hydrogen-bond acceptors (Lipinski definition) is 3. The maximum Gasteiger partial charge on any atom is 0.251 e. The number of hydrogen-bond donors (Lipinski definition) is 0. The van der Waals surface area contributed by atoms with Crippen molar-refractivity contribution in [2.75, 3.05) is 24.7 Å². The van der Waals surface area contributed by atoms with Crippen molar-refractivity contribution in [3.05, 3.63) is 59.7 Å². The third-order valence-electron chi connectivity index (χ3n) is 5.13. The van der Waals surface area contributed by atoms with Crippen LogP contribution in [0.4, 0.5) is 5.69 Å². The Morgan fingerprint density at radius 3 is 2.30 bits per heavy atom. The van der Waals surface area contributed by atoms with E-state index >= 15 is 0 Å². The van der Waals surface area contributed by atoms with E-state index in [4.69, 9.17) is 9.47 Å². The highest BCUT2D eigenvalue weighted by Crippen LogP contribution is 2.35. The van der Waals surface area contributed by atoms with Crippen LogP contribution < -0.4 is 14.4 Å². The molecule has 0 fully saturated rings. The summed E-state index contributed by atoms with van der Waals surface area (Å²) >= 11 is 0. The van der Waals surface area contributed by atoms with E-state index in [9.17, 15) is 4.79 Å². The quantitative estimate of drug-likeness (QED) is 0.784. The van der Waals surface area contributed by atoms with Gasteiger partial charge in [0, 0.05) is 24.4 Å². The molecule has 0 bridgehead atoms. The highest BCUT2D eigenvalue weighted by Gasteiger charge is 2.23. The second-order valence-electron chi connectivity index (χ2n) is 8.06.